The Morgan fingerprint density at radius 1 is 1.13 bits per heavy atom. The molecule has 7 nitrogen and oxygen atoms in total. The largest absolute Gasteiger partial charge is 0.506 e. The minimum absolute atomic E-state index is 0.0808. The molecule has 1 atom stereocenters. The summed E-state index contributed by atoms with van der Waals surface area (Å²) in [5, 5.41) is 16.2. The number of nitrogens with one attached hydrogen (secondary N) is 1. The van der Waals surface area contributed by atoms with Gasteiger partial charge in [-0.25, -0.2) is 4.79 Å². The van der Waals surface area contributed by atoms with Crippen LogP contribution in [0.2, 0.25) is 0 Å². The number of ether oxygens (including phenoxy) is 2. The van der Waals surface area contributed by atoms with Crippen LogP contribution in [0.1, 0.15) is 40.3 Å². The van der Waals surface area contributed by atoms with Crippen molar-refractivity contribution in [1.29, 1.82) is 0 Å². The lowest BCUT2D eigenvalue weighted by Crippen LogP contribution is -2.12. The van der Waals surface area contributed by atoms with E-state index < -0.39 is 5.63 Å². The Balaban J connectivity index is 1.75. The highest BCUT2D eigenvalue weighted by atomic mass is 16.5. The van der Waals surface area contributed by atoms with Crippen molar-refractivity contribution in [1.82, 2.24) is 5.43 Å². The molecule has 0 spiro atoms. The molecule has 1 aliphatic rings. The van der Waals surface area contributed by atoms with Crippen LogP contribution in [-0.2, 0) is 0 Å². The van der Waals surface area contributed by atoms with Gasteiger partial charge >= 0.3 is 5.63 Å². The Kier molecular flexibility index (Phi) is 4.89. The monoisotopic (exact) mass is 408 g/mol. The normalized spacial score (nSPS) is 15.8. The Labute approximate surface area is 173 Å². The van der Waals surface area contributed by atoms with Crippen molar-refractivity contribution in [3.63, 3.8) is 0 Å². The molecule has 0 fully saturated rings. The molecule has 0 saturated carbocycles. The summed E-state index contributed by atoms with van der Waals surface area (Å²) < 4.78 is 16.2. The fourth-order valence-corrected chi connectivity index (χ4v) is 3.98. The van der Waals surface area contributed by atoms with Gasteiger partial charge in [-0.1, -0.05) is 0 Å². The summed E-state index contributed by atoms with van der Waals surface area (Å²) in [6.45, 7) is 5.38. The molecule has 0 unspecified atom stereocenters. The van der Waals surface area contributed by atoms with Gasteiger partial charge in [0.1, 0.15) is 22.8 Å². The highest BCUT2D eigenvalue weighted by molar-refractivity contribution is 6.09. The molecule has 156 valence electrons. The number of nitrogens with zero attached hydrogens (tertiary/aromatic N) is 1. The van der Waals surface area contributed by atoms with E-state index in [1.165, 1.54) is 0 Å². The van der Waals surface area contributed by atoms with Crippen LogP contribution in [0.15, 0.2) is 38.6 Å². The first-order valence-electron chi connectivity index (χ1n) is 9.66. The van der Waals surface area contributed by atoms with Gasteiger partial charge in [-0.3, -0.25) is 0 Å². The molecule has 30 heavy (non-hydrogen) atoms. The molecule has 2 aromatic carbocycles. The lowest BCUT2D eigenvalue weighted by molar-refractivity contribution is 0.386. The maximum Gasteiger partial charge on any atom is 0.339 e. The van der Waals surface area contributed by atoms with E-state index in [2.05, 4.69) is 10.5 Å². The highest BCUT2D eigenvalue weighted by Crippen LogP contribution is 2.39. The Morgan fingerprint density at radius 3 is 2.60 bits per heavy atom. The fourth-order valence-electron chi connectivity index (χ4n) is 3.98. The second-order valence-corrected chi connectivity index (χ2v) is 7.48. The highest BCUT2D eigenvalue weighted by Gasteiger charge is 2.28. The van der Waals surface area contributed by atoms with Gasteiger partial charge in [-0.15, -0.1) is 0 Å². The van der Waals surface area contributed by atoms with Gasteiger partial charge in [0.15, 0.2) is 0 Å². The molecule has 2 N–H and O–H groups in total. The second-order valence-electron chi connectivity index (χ2n) is 7.48. The van der Waals surface area contributed by atoms with E-state index in [0.717, 1.165) is 16.8 Å². The smallest absolute Gasteiger partial charge is 0.339 e. The van der Waals surface area contributed by atoms with E-state index in [0.29, 0.717) is 45.6 Å². The van der Waals surface area contributed by atoms with E-state index in [9.17, 15) is 9.90 Å². The third kappa shape index (κ3) is 3.07. The standard InChI is InChI=1S/C23H24N2O5/c1-11-8-19-21(12(2)13(3)23(27)30-19)22(26)20(11)17-10-16(24-25-17)15-7-6-14(28-4)9-18(15)29-5/h6-9,16,24,26H,10H2,1-5H3/t16-/m1/s1. The third-order valence-electron chi connectivity index (χ3n) is 5.77. The maximum absolute atomic E-state index is 12.0. The van der Waals surface area contributed by atoms with Gasteiger partial charge < -0.3 is 24.4 Å². The van der Waals surface area contributed by atoms with E-state index >= 15 is 0 Å². The molecule has 2 heterocycles. The number of hydrogen-bond donors (Lipinski definition) is 2. The van der Waals surface area contributed by atoms with E-state index in [-0.39, 0.29) is 11.8 Å². The zero-order valence-corrected chi connectivity index (χ0v) is 17.6. The quantitative estimate of drug-likeness (QED) is 0.637. The topological polar surface area (TPSA) is 93.3 Å². The fraction of sp³-hybridized carbons (Fsp3) is 0.304. The first-order chi connectivity index (χ1) is 14.3. The van der Waals surface area contributed by atoms with E-state index in [4.69, 9.17) is 13.9 Å². The van der Waals surface area contributed by atoms with E-state index in [1.54, 1.807) is 27.2 Å². The molecule has 0 saturated heterocycles. The van der Waals surface area contributed by atoms with Crippen molar-refractivity contribution in [3.05, 3.63) is 62.5 Å². The van der Waals surface area contributed by atoms with Crippen molar-refractivity contribution < 1.29 is 19.0 Å². The molecule has 1 aromatic heterocycles. The number of phenols is 1. The molecule has 0 bridgehead atoms. The number of aryl methyl sites for hydroxylation is 2. The summed E-state index contributed by atoms with van der Waals surface area (Å²) in [5.74, 6) is 1.50. The maximum atomic E-state index is 12.0. The average molecular weight is 408 g/mol. The first kappa shape index (κ1) is 19.8. The minimum atomic E-state index is -0.391. The van der Waals surface area contributed by atoms with Gasteiger partial charge in [-0.05, 0) is 50.1 Å². The molecular formula is C23H24N2O5. The molecule has 4 rings (SSSR count). The SMILES string of the molecule is COc1ccc([C@H]2CC(c3c(C)cc4oc(=O)c(C)c(C)c4c3O)=NN2)c(OC)c1. The number of phenolic OH excluding ortho intramolecular Hbond substituents is 1. The van der Waals surface area contributed by atoms with Crippen molar-refractivity contribution in [2.75, 3.05) is 14.2 Å². The Morgan fingerprint density at radius 2 is 1.90 bits per heavy atom. The molecule has 0 radical (unpaired) electrons. The van der Waals surface area contributed by atoms with Crippen molar-refractivity contribution >= 4 is 16.7 Å². The van der Waals surface area contributed by atoms with Crippen LogP contribution < -0.4 is 20.5 Å². The van der Waals surface area contributed by atoms with Crippen molar-refractivity contribution in [3.8, 4) is 17.2 Å². The number of hydrogen-bond acceptors (Lipinski definition) is 7. The summed E-state index contributed by atoms with van der Waals surface area (Å²) in [5.41, 5.74) is 7.46. The number of hydrazone groups is 1. The molecule has 3 aromatic rings. The van der Waals surface area contributed by atoms with Crippen LogP contribution in [0.5, 0.6) is 17.2 Å². The molecule has 7 heteroatoms. The van der Waals surface area contributed by atoms with Crippen LogP contribution in [0.25, 0.3) is 11.0 Å². The van der Waals surface area contributed by atoms with Crippen molar-refractivity contribution in [2.24, 2.45) is 5.10 Å². The van der Waals surface area contributed by atoms with Crippen LogP contribution in [0.3, 0.4) is 0 Å². The molecule has 0 amide bonds. The summed E-state index contributed by atoms with van der Waals surface area (Å²) >= 11 is 0. The first-order valence-corrected chi connectivity index (χ1v) is 9.66. The lowest BCUT2D eigenvalue weighted by Gasteiger charge is -2.16. The summed E-state index contributed by atoms with van der Waals surface area (Å²) in [6.07, 6.45) is 0.567. The second kappa shape index (κ2) is 7.40. The van der Waals surface area contributed by atoms with Crippen LogP contribution in [-0.4, -0.2) is 25.0 Å². The Hall–Kier alpha value is -3.48. The number of methoxy groups -OCH3 is 2. The molecule has 0 aliphatic carbocycles. The number of aromatic hydroxyl groups is 1. The summed E-state index contributed by atoms with van der Waals surface area (Å²) in [6, 6.07) is 7.34. The zero-order valence-electron chi connectivity index (χ0n) is 17.6. The minimum Gasteiger partial charge on any atom is -0.506 e. The lowest BCUT2D eigenvalue weighted by atomic mass is 9.92. The van der Waals surface area contributed by atoms with Gasteiger partial charge in [0.25, 0.3) is 0 Å². The zero-order chi connectivity index (χ0) is 21.6. The van der Waals surface area contributed by atoms with Gasteiger partial charge in [-0.2, -0.15) is 5.10 Å². The molecular weight excluding hydrogens is 384 g/mol. The van der Waals surface area contributed by atoms with Crippen molar-refractivity contribution in [2.45, 2.75) is 33.2 Å². The predicted octanol–water partition coefficient (Wildman–Crippen LogP) is 3.88. The number of rotatable bonds is 4. The number of benzene rings is 2. The van der Waals surface area contributed by atoms with Gasteiger partial charge in [0, 0.05) is 29.2 Å². The predicted molar refractivity (Wildman–Crippen MR) is 115 cm³/mol. The number of fused-ring (bicyclic) bond motifs is 1. The van der Waals surface area contributed by atoms with Crippen LogP contribution in [0, 0.1) is 20.8 Å². The van der Waals surface area contributed by atoms with E-state index in [1.807, 2.05) is 32.0 Å². The van der Waals surface area contributed by atoms with Gasteiger partial charge in [0.2, 0.25) is 0 Å². The van der Waals surface area contributed by atoms with Crippen LogP contribution >= 0.6 is 0 Å². The third-order valence-corrected chi connectivity index (χ3v) is 5.77. The summed E-state index contributed by atoms with van der Waals surface area (Å²) in [7, 11) is 3.23. The van der Waals surface area contributed by atoms with Gasteiger partial charge in [0.05, 0.1) is 31.4 Å². The average Bonchev–Trinajstić information content (AvgIpc) is 3.20. The van der Waals surface area contributed by atoms with Crippen LogP contribution in [0.4, 0.5) is 0 Å². The Bertz CT molecular complexity index is 1240. The molecule has 1 aliphatic heterocycles. The summed E-state index contributed by atoms with van der Waals surface area (Å²) in [4.78, 5) is 12.0.